The van der Waals surface area contributed by atoms with E-state index in [1.54, 1.807) is 18.3 Å². The Kier molecular flexibility index (Phi) is 5.09. The van der Waals surface area contributed by atoms with Gasteiger partial charge in [-0.05, 0) is 31.4 Å². The van der Waals surface area contributed by atoms with Crippen molar-refractivity contribution < 1.29 is 9.59 Å². The van der Waals surface area contributed by atoms with Crippen LogP contribution in [0.5, 0.6) is 0 Å². The van der Waals surface area contributed by atoms with Gasteiger partial charge in [0.2, 0.25) is 5.91 Å². The van der Waals surface area contributed by atoms with E-state index in [0.717, 1.165) is 19.3 Å². The molecule has 1 aliphatic rings. The molecule has 2 amide bonds. The molecule has 0 aliphatic carbocycles. The minimum Gasteiger partial charge on any atom is -0.353 e. The Labute approximate surface area is 119 Å². The fourth-order valence-electron chi connectivity index (χ4n) is 2.41. The second kappa shape index (κ2) is 7.03. The summed E-state index contributed by atoms with van der Waals surface area (Å²) in [5.41, 5.74) is 0.487. The van der Waals surface area contributed by atoms with Crippen LogP contribution in [0, 0.1) is 0 Å². The van der Waals surface area contributed by atoms with E-state index in [1.807, 2.05) is 17.9 Å². The highest BCUT2D eigenvalue weighted by molar-refractivity contribution is 5.92. The van der Waals surface area contributed by atoms with Crippen molar-refractivity contribution in [3.05, 3.63) is 30.1 Å². The van der Waals surface area contributed by atoms with Gasteiger partial charge in [-0.2, -0.15) is 0 Å². The summed E-state index contributed by atoms with van der Waals surface area (Å²) in [7, 11) is 0. The van der Waals surface area contributed by atoms with E-state index in [-0.39, 0.29) is 17.9 Å². The molecule has 0 saturated carbocycles. The molecule has 1 saturated heterocycles. The largest absolute Gasteiger partial charge is 0.353 e. The number of likely N-dealkylation sites (tertiary alicyclic amines) is 1. The van der Waals surface area contributed by atoms with Crippen LogP contribution in [0.4, 0.5) is 0 Å². The molecule has 0 bridgehead atoms. The number of carbonyl (C=O) groups is 2. The Balaban J connectivity index is 1.82. The van der Waals surface area contributed by atoms with E-state index in [4.69, 9.17) is 0 Å². The predicted octanol–water partition coefficient (Wildman–Crippen LogP) is 1.60. The summed E-state index contributed by atoms with van der Waals surface area (Å²) in [6, 6.07) is 5.55. The van der Waals surface area contributed by atoms with Gasteiger partial charge in [0.15, 0.2) is 0 Å². The normalized spacial score (nSPS) is 15.9. The Morgan fingerprint density at radius 1 is 1.35 bits per heavy atom. The second-order valence-electron chi connectivity index (χ2n) is 5.10. The monoisotopic (exact) mass is 275 g/mol. The molecule has 1 fully saturated rings. The van der Waals surface area contributed by atoms with Gasteiger partial charge in [-0.25, -0.2) is 0 Å². The van der Waals surface area contributed by atoms with Gasteiger partial charge in [-0.15, -0.1) is 0 Å². The molecule has 5 nitrogen and oxygen atoms in total. The highest BCUT2D eigenvalue weighted by Crippen LogP contribution is 2.13. The lowest BCUT2D eigenvalue weighted by Gasteiger charge is -2.32. The lowest BCUT2D eigenvalue weighted by atomic mass is 10.0. The third-order valence-electron chi connectivity index (χ3n) is 3.51. The third-order valence-corrected chi connectivity index (χ3v) is 3.51. The van der Waals surface area contributed by atoms with E-state index < -0.39 is 0 Å². The fraction of sp³-hybridized carbons (Fsp3) is 0.533. The number of amides is 2. The summed E-state index contributed by atoms with van der Waals surface area (Å²) in [4.78, 5) is 29.6. The summed E-state index contributed by atoms with van der Waals surface area (Å²) in [5.74, 6) is 0.0888. The summed E-state index contributed by atoms with van der Waals surface area (Å²) < 4.78 is 0. The summed E-state index contributed by atoms with van der Waals surface area (Å²) in [5, 5.41) is 3.03. The smallest absolute Gasteiger partial charge is 0.272 e. The van der Waals surface area contributed by atoms with Gasteiger partial charge in [0.05, 0.1) is 0 Å². The maximum atomic E-state index is 12.2. The molecule has 2 rings (SSSR count). The SMILES string of the molecule is CCCC(=O)NC1CCN(C(=O)c2ccccn2)CC1. The summed E-state index contributed by atoms with van der Waals surface area (Å²) in [6.07, 6.45) is 4.70. The van der Waals surface area contributed by atoms with E-state index in [1.165, 1.54) is 0 Å². The van der Waals surface area contributed by atoms with Crippen LogP contribution in [-0.2, 0) is 4.79 Å². The molecule has 1 aliphatic heterocycles. The fourth-order valence-corrected chi connectivity index (χ4v) is 2.41. The molecule has 1 N–H and O–H groups in total. The van der Waals surface area contributed by atoms with Crippen molar-refractivity contribution in [2.24, 2.45) is 0 Å². The molecule has 1 aromatic heterocycles. The van der Waals surface area contributed by atoms with Crippen molar-refractivity contribution >= 4 is 11.8 Å². The first-order chi connectivity index (χ1) is 9.70. The number of hydrogen-bond acceptors (Lipinski definition) is 3. The van der Waals surface area contributed by atoms with Crippen LogP contribution >= 0.6 is 0 Å². The van der Waals surface area contributed by atoms with Gasteiger partial charge in [0.25, 0.3) is 5.91 Å². The van der Waals surface area contributed by atoms with Crippen LogP contribution in [0.25, 0.3) is 0 Å². The number of carbonyl (C=O) groups excluding carboxylic acids is 2. The van der Waals surface area contributed by atoms with E-state index in [9.17, 15) is 9.59 Å². The Morgan fingerprint density at radius 3 is 2.70 bits per heavy atom. The molecule has 1 aromatic rings. The number of piperidine rings is 1. The maximum Gasteiger partial charge on any atom is 0.272 e. The molecule has 0 aromatic carbocycles. The Hall–Kier alpha value is -1.91. The van der Waals surface area contributed by atoms with Crippen LogP contribution in [-0.4, -0.2) is 40.8 Å². The summed E-state index contributed by atoms with van der Waals surface area (Å²) in [6.45, 7) is 3.34. The average molecular weight is 275 g/mol. The molecule has 20 heavy (non-hydrogen) atoms. The number of pyridine rings is 1. The van der Waals surface area contributed by atoms with Crippen LogP contribution in [0.3, 0.4) is 0 Å². The first-order valence-electron chi connectivity index (χ1n) is 7.20. The molecule has 2 heterocycles. The minimum atomic E-state index is -0.0241. The summed E-state index contributed by atoms with van der Waals surface area (Å²) >= 11 is 0. The number of rotatable bonds is 4. The third kappa shape index (κ3) is 3.79. The van der Waals surface area contributed by atoms with Gasteiger partial charge < -0.3 is 10.2 Å². The minimum absolute atomic E-state index is 0.0241. The van der Waals surface area contributed by atoms with Crippen LogP contribution in [0.2, 0.25) is 0 Å². The van der Waals surface area contributed by atoms with Crippen molar-refractivity contribution in [2.75, 3.05) is 13.1 Å². The topological polar surface area (TPSA) is 62.3 Å². The molecule has 0 unspecified atom stereocenters. The lowest BCUT2D eigenvalue weighted by Crippen LogP contribution is -2.46. The molecule has 0 radical (unpaired) electrons. The second-order valence-corrected chi connectivity index (χ2v) is 5.10. The molecular weight excluding hydrogens is 254 g/mol. The van der Waals surface area contributed by atoms with Gasteiger partial charge in [-0.3, -0.25) is 14.6 Å². The Morgan fingerprint density at radius 2 is 2.10 bits per heavy atom. The van der Waals surface area contributed by atoms with Gasteiger partial charge in [0, 0.05) is 31.7 Å². The standard InChI is InChI=1S/C15H21N3O2/c1-2-5-14(19)17-12-7-10-18(11-8-12)15(20)13-6-3-4-9-16-13/h3-4,6,9,12H,2,5,7-8,10-11H2,1H3,(H,17,19). The predicted molar refractivity (Wildman–Crippen MR) is 76.2 cm³/mol. The quantitative estimate of drug-likeness (QED) is 0.908. The molecule has 0 spiro atoms. The molecule has 108 valence electrons. The first-order valence-corrected chi connectivity index (χ1v) is 7.20. The van der Waals surface area contributed by atoms with Gasteiger partial charge in [0.1, 0.15) is 5.69 Å². The molecular formula is C15H21N3O2. The highest BCUT2D eigenvalue weighted by Gasteiger charge is 2.24. The number of nitrogens with one attached hydrogen (secondary N) is 1. The number of aromatic nitrogens is 1. The number of nitrogens with zero attached hydrogens (tertiary/aromatic N) is 2. The first kappa shape index (κ1) is 14.5. The van der Waals surface area contributed by atoms with Gasteiger partial charge >= 0.3 is 0 Å². The zero-order valence-electron chi connectivity index (χ0n) is 11.8. The Bertz CT molecular complexity index is 453. The van der Waals surface area contributed by atoms with Crippen molar-refractivity contribution in [1.29, 1.82) is 0 Å². The van der Waals surface area contributed by atoms with Crippen molar-refractivity contribution in [3.63, 3.8) is 0 Å². The molecule has 5 heteroatoms. The van der Waals surface area contributed by atoms with Crippen LogP contribution < -0.4 is 5.32 Å². The van der Waals surface area contributed by atoms with Crippen molar-refractivity contribution in [1.82, 2.24) is 15.2 Å². The van der Waals surface area contributed by atoms with Crippen molar-refractivity contribution in [2.45, 2.75) is 38.6 Å². The number of hydrogen-bond donors (Lipinski definition) is 1. The molecule has 0 atom stereocenters. The van der Waals surface area contributed by atoms with Crippen LogP contribution in [0.15, 0.2) is 24.4 Å². The highest BCUT2D eigenvalue weighted by atomic mass is 16.2. The van der Waals surface area contributed by atoms with E-state index >= 15 is 0 Å². The lowest BCUT2D eigenvalue weighted by molar-refractivity contribution is -0.122. The van der Waals surface area contributed by atoms with E-state index in [0.29, 0.717) is 25.2 Å². The maximum absolute atomic E-state index is 12.2. The van der Waals surface area contributed by atoms with Crippen molar-refractivity contribution in [3.8, 4) is 0 Å². The van der Waals surface area contributed by atoms with Crippen LogP contribution in [0.1, 0.15) is 43.1 Å². The average Bonchev–Trinajstić information content (AvgIpc) is 2.48. The zero-order chi connectivity index (χ0) is 14.4. The van der Waals surface area contributed by atoms with Gasteiger partial charge in [-0.1, -0.05) is 13.0 Å². The van der Waals surface area contributed by atoms with E-state index in [2.05, 4.69) is 10.3 Å². The zero-order valence-corrected chi connectivity index (χ0v) is 11.8.